The molecule has 3 heteroatoms. The highest BCUT2D eigenvalue weighted by atomic mass is 16.3. The van der Waals surface area contributed by atoms with E-state index >= 15 is 0 Å². The van der Waals surface area contributed by atoms with Crippen molar-refractivity contribution in [3.63, 3.8) is 0 Å². The molecule has 0 saturated heterocycles. The topological polar surface area (TPSA) is 38.1 Å². The van der Waals surface area contributed by atoms with Crippen molar-refractivity contribution >= 4 is 0 Å². The van der Waals surface area contributed by atoms with Gasteiger partial charge in [-0.1, -0.05) is 24.3 Å². The van der Waals surface area contributed by atoms with Gasteiger partial charge in [0, 0.05) is 5.56 Å². The number of hydrogen-bond acceptors (Lipinski definition) is 2. The van der Waals surface area contributed by atoms with Crippen LogP contribution in [0.5, 0.6) is 0 Å². The number of nitrogens with zero attached hydrogens (tertiary/aromatic N) is 2. The van der Waals surface area contributed by atoms with E-state index in [4.69, 9.17) is 0 Å². The number of aliphatic hydroxyl groups is 1. The van der Waals surface area contributed by atoms with E-state index in [1.165, 1.54) is 11.1 Å². The molecule has 2 aromatic rings. The molecule has 1 aromatic carbocycles. The van der Waals surface area contributed by atoms with E-state index in [2.05, 4.69) is 21.7 Å². The second-order valence-electron chi connectivity index (χ2n) is 5.05. The van der Waals surface area contributed by atoms with Crippen LogP contribution in [-0.2, 0) is 0 Å². The smallest absolute Gasteiger partial charge is 0.0957 e. The lowest BCUT2D eigenvalue weighted by atomic mass is 9.97. The van der Waals surface area contributed by atoms with Gasteiger partial charge in [0.15, 0.2) is 0 Å². The average Bonchev–Trinajstić information content (AvgIpc) is 3.01. The molecule has 4 rings (SSSR count). The molecule has 1 aliphatic carbocycles. The van der Waals surface area contributed by atoms with Crippen LogP contribution in [0.25, 0.3) is 11.3 Å². The predicted molar refractivity (Wildman–Crippen MR) is 64.5 cm³/mol. The quantitative estimate of drug-likeness (QED) is 0.852. The zero-order valence-electron chi connectivity index (χ0n) is 9.45. The molecule has 1 saturated carbocycles. The number of aliphatic hydroxyl groups excluding tert-OH is 1. The van der Waals surface area contributed by atoms with Crippen molar-refractivity contribution in [3.05, 3.63) is 42.4 Å². The largest absolute Gasteiger partial charge is 0.390 e. The van der Waals surface area contributed by atoms with Crippen LogP contribution in [0.15, 0.2) is 36.8 Å². The van der Waals surface area contributed by atoms with E-state index in [1.54, 1.807) is 0 Å². The van der Waals surface area contributed by atoms with Gasteiger partial charge in [-0.25, -0.2) is 4.98 Å². The SMILES string of the molecule is O[C@@H](C1CC1)[C@H]1c2ccccc2-c2cncn21. The lowest BCUT2D eigenvalue weighted by Gasteiger charge is -2.21. The summed E-state index contributed by atoms with van der Waals surface area (Å²) in [4.78, 5) is 4.21. The Balaban J connectivity index is 1.89. The third-order valence-electron chi connectivity index (χ3n) is 3.95. The summed E-state index contributed by atoms with van der Waals surface area (Å²) in [6.07, 6.45) is 5.77. The number of imidazole rings is 1. The maximum atomic E-state index is 10.5. The van der Waals surface area contributed by atoms with Crippen molar-refractivity contribution < 1.29 is 5.11 Å². The lowest BCUT2D eigenvalue weighted by molar-refractivity contribution is 0.111. The van der Waals surface area contributed by atoms with Gasteiger partial charge in [0.2, 0.25) is 0 Å². The maximum Gasteiger partial charge on any atom is 0.0957 e. The Labute approximate surface area is 99.7 Å². The van der Waals surface area contributed by atoms with Crippen molar-refractivity contribution in [2.45, 2.75) is 25.0 Å². The van der Waals surface area contributed by atoms with Gasteiger partial charge in [0.05, 0.1) is 30.4 Å². The van der Waals surface area contributed by atoms with E-state index in [1.807, 2.05) is 24.7 Å². The van der Waals surface area contributed by atoms with E-state index in [9.17, 15) is 5.11 Å². The molecule has 0 spiro atoms. The third kappa shape index (κ3) is 1.23. The first-order valence-electron chi connectivity index (χ1n) is 6.15. The summed E-state index contributed by atoms with van der Waals surface area (Å²) in [7, 11) is 0. The molecule has 1 aromatic heterocycles. The van der Waals surface area contributed by atoms with Crippen molar-refractivity contribution in [1.82, 2.24) is 9.55 Å². The summed E-state index contributed by atoms with van der Waals surface area (Å²) in [6.45, 7) is 0. The molecular weight excluding hydrogens is 212 g/mol. The Morgan fingerprint density at radius 2 is 2.12 bits per heavy atom. The fourth-order valence-corrected chi connectivity index (χ4v) is 2.92. The van der Waals surface area contributed by atoms with Crippen molar-refractivity contribution in [1.29, 1.82) is 0 Å². The zero-order chi connectivity index (χ0) is 11.4. The molecule has 1 aliphatic heterocycles. The van der Waals surface area contributed by atoms with Crippen molar-refractivity contribution in [2.75, 3.05) is 0 Å². The maximum absolute atomic E-state index is 10.5. The molecule has 3 nitrogen and oxygen atoms in total. The highest BCUT2D eigenvalue weighted by Crippen LogP contribution is 2.46. The molecule has 17 heavy (non-hydrogen) atoms. The Morgan fingerprint density at radius 3 is 2.94 bits per heavy atom. The number of hydrogen-bond donors (Lipinski definition) is 1. The monoisotopic (exact) mass is 226 g/mol. The van der Waals surface area contributed by atoms with E-state index in [0.29, 0.717) is 5.92 Å². The molecule has 0 amide bonds. The molecule has 1 N–H and O–H groups in total. The summed E-state index contributed by atoms with van der Waals surface area (Å²) in [5, 5.41) is 10.5. The standard InChI is InChI=1S/C14H14N2O/c17-14(9-5-6-9)13-11-4-2-1-3-10(11)12-7-15-8-16(12)13/h1-4,7-9,13-14,17H,5-6H2/t13-,14+/m1/s1. The molecule has 0 radical (unpaired) electrons. The summed E-state index contributed by atoms with van der Waals surface area (Å²) < 4.78 is 2.12. The highest BCUT2D eigenvalue weighted by Gasteiger charge is 2.41. The Morgan fingerprint density at radius 1 is 1.29 bits per heavy atom. The van der Waals surface area contributed by atoms with Gasteiger partial charge in [-0.05, 0) is 24.3 Å². The minimum absolute atomic E-state index is 0.0659. The van der Waals surface area contributed by atoms with Gasteiger partial charge in [0.25, 0.3) is 0 Å². The first kappa shape index (κ1) is 9.42. The zero-order valence-corrected chi connectivity index (χ0v) is 9.45. The molecule has 2 atom stereocenters. The Kier molecular flexibility index (Phi) is 1.77. The molecule has 1 fully saturated rings. The first-order valence-corrected chi connectivity index (χ1v) is 6.15. The van der Waals surface area contributed by atoms with E-state index in [-0.39, 0.29) is 12.1 Å². The Bertz CT molecular complexity index is 571. The van der Waals surface area contributed by atoms with Gasteiger partial charge in [-0.3, -0.25) is 0 Å². The fourth-order valence-electron chi connectivity index (χ4n) is 2.92. The summed E-state index contributed by atoms with van der Waals surface area (Å²) in [5.41, 5.74) is 3.59. The summed E-state index contributed by atoms with van der Waals surface area (Å²) >= 11 is 0. The van der Waals surface area contributed by atoms with Crippen LogP contribution in [-0.4, -0.2) is 20.8 Å². The molecule has 0 bridgehead atoms. The van der Waals surface area contributed by atoms with Crippen molar-refractivity contribution in [2.24, 2.45) is 5.92 Å². The van der Waals surface area contributed by atoms with Gasteiger partial charge >= 0.3 is 0 Å². The molecule has 2 heterocycles. The van der Waals surface area contributed by atoms with E-state index < -0.39 is 0 Å². The summed E-state index contributed by atoms with van der Waals surface area (Å²) in [5.74, 6) is 0.474. The third-order valence-corrected chi connectivity index (χ3v) is 3.95. The predicted octanol–water partition coefficient (Wildman–Crippen LogP) is 2.22. The Hall–Kier alpha value is -1.61. The normalized spacial score (nSPS) is 23.2. The van der Waals surface area contributed by atoms with Gasteiger partial charge in [-0.2, -0.15) is 0 Å². The fraction of sp³-hybridized carbons (Fsp3) is 0.357. The van der Waals surface area contributed by atoms with Crippen LogP contribution >= 0.6 is 0 Å². The van der Waals surface area contributed by atoms with Crippen LogP contribution in [0.4, 0.5) is 0 Å². The van der Waals surface area contributed by atoms with Crippen LogP contribution in [0.1, 0.15) is 24.4 Å². The number of aromatic nitrogens is 2. The minimum Gasteiger partial charge on any atom is -0.390 e. The van der Waals surface area contributed by atoms with Crippen LogP contribution < -0.4 is 0 Å². The lowest BCUT2D eigenvalue weighted by Crippen LogP contribution is -2.24. The average molecular weight is 226 g/mol. The first-order chi connectivity index (χ1) is 8.36. The number of fused-ring (bicyclic) bond motifs is 3. The molecule has 0 unspecified atom stereocenters. The second-order valence-corrected chi connectivity index (χ2v) is 5.05. The molecular formula is C14H14N2O. The second kappa shape index (κ2) is 3.20. The molecule has 86 valence electrons. The van der Waals surface area contributed by atoms with Crippen LogP contribution in [0, 0.1) is 5.92 Å². The number of rotatable bonds is 2. The minimum atomic E-state index is -0.272. The van der Waals surface area contributed by atoms with Crippen molar-refractivity contribution in [3.8, 4) is 11.3 Å². The summed E-state index contributed by atoms with van der Waals surface area (Å²) in [6, 6.07) is 8.39. The van der Waals surface area contributed by atoms with Gasteiger partial charge < -0.3 is 9.67 Å². The number of benzene rings is 1. The van der Waals surface area contributed by atoms with Gasteiger partial charge in [0.1, 0.15) is 0 Å². The van der Waals surface area contributed by atoms with Crippen LogP contribution in [0.2, 0.25) is 0 Å². The van der Waals surface area contributed by atoms with E-state index in [0.717, 1.165) is 18.5 Å². The van der Waals surface area contributed by atoms with Gasteiger partial charge in [-0.15, -0.1) is 0 Å². The molecule has 2 aliphatic rings. The van der Waals surface area contributed by atoms with Crippen LogP contribution in [0.3, 0.4) is 0 Å². The highest BCUT2D eigenvalue weighted by molar-refractivity contribution is 5.69.